The Morgan fingerprint density at radius 2 is 0.648 bits per heavy atom. The van der Waals surface area contributed by atoms with Crippen molar-refractivity contribution >= 4 is 41.8 Å². The van der Waals surface area contributed by atoms with E-state index in [4.69, 9.17) is 85.3 Å². The number of benzene rings is 3. The highest BCUT2D eigenvalue weighted by Gasteiger charge is 2.49. The van der Waals surface area contributed by atoms with Gasteiger partial charge in [0.2, 0.25) is 0 Å². The number of esters is 7. The van der Waals surface area contributed by atoms with Crippen molar-refractivity contribution in [1.29, 1.82) is 0 Å². The van der Waals surface area contributed by atoms with Gasteiger partial charge in [-0.25, -0.2) is 14.4 Å². The number of allylic oxidation sites excluding steroid dienone is 1. The van der Waals surface area contributed by atoms with Crippen LogP contribution >= 0.6 is 0 Å². The molecule has 0 radical (unpaired) electrons. The van der Waals surface area contributed by atoms with Crippen molar-refractivity contribution in [2.75, 3.05) is 159 Å². The predicted octanol–water partition coefficient (Wildman–Crippen LogP) is 21.2. The van der Waals surface area contributed by atoms with Crippen LogP contribution in [0, 0.1) is 23.7 Å². The van der Waals surface area contributed by atoms with Gasteiger partial charge in [0.25, 0.3) is 0 Å². The maximum Gasteiger partial charge on any atom is 0.333 e. The topological polar surface area (TPSA) is 286 Å². The number of rotatable bonds is 70. The van der Waals surface area contributed by atoms with E-state index in [9.17, 15) is 33.6 Å². The van der Waals surface area contributed by atoms with Crippen molar-refractivity contribution < 1.29 is 119 Å². The number of unbranched alkanes of at least 4 members (excludes halogenated alkanes) is 10. The Bertz CT molecular complexity index is 3250. The number of hydrogen-bond donors (Lipinski definition) is 0. The maximum absolute atomic E-state index is 12.3. The van der Waals surface area contributed by atoms with E-state index in [0.29, 0.717) is 141 Å². The number of hydrogen-bond acceptors (Lipinski definition) is 25. The molecule has 726 valence electrons. The van der Waals surface area contributed by atoms with Crippen LogP contribution in [0.2, 0.25) is 0 Å². The fourth-order valence-electron chi connectivity index (χ4n) is 13.6. The second-order valence-corrected chi connectivity index (χ2v) is 31.3. The fraction of sp³-hybridized carbons (Fsp3) is 0.660. The largest absolute Gasteiger partial charge is 0.494 e. The van der Waals surface area contributed by atoms with Crippen molar-refractivity contribution in [3.63, 3.8) is 0 Å². The lowest BCUT2D eigenvalue weighted by molar-refractivity contribution is -0.153. The summed E-state index contributed by atoms with van der Waals surface area (Å²) in [6.45, 7) is 49.1. The first kappa shape index (κ1) is 118. The van der Waals surface area contributed by atoms with Gasteiger partial charge in [-0.15, -0.1) is 0 Å². The van der Waals surface area contributed by atoms with Gasteiger partial charge in [-0.3, -0.25) is 19.2 Å². The highest BCUT2D eigenvalue weighted by molar-refractivity contribution is 5.87. The van der Waals surface area contributed by atoms with E-state index >= 15 is 0 Å². The van der Waals surface area contributed by atoms with E-state index in [2.05, 4.69) is 32.9 Å². The van der Waals surface area contributed by atoms with Crippen molar-refractivity contribution in [1.82, 2.24) is 0 Å². The molecule has 2 bridgehead atoms. The third kappa shape index (κ3) is 64.5. The summed E-state index contributed by atoms with van der Waals surface area (Å²) in [5, 5.41) is 0. The Balaban J connectivity index is 0.000000819. The Kier molecular flexibility index (Phi) is 75.4. The van der Waals surface area contributed by atoms with Gasteiger partial charge in [0.05, 0.1) is 66.1 Å². The molecular weight excluding hydrogens is 1640 g/mol. The molecule has 3 saturated carbocycles. The molecule has 128 heavy (non-hydrogen) atoms. The van der Waals surface area contributed by atoms with Crippen LogP contribution in [-0.2, 0) is 109 Å². The Morgan fingerprint density at radius 1 is 0.312 bits per heavy atom. The third-order valence-electron chi connectivity index (χ3n) is 20.4. The molecule has 25 nitrogen and oxygen atoms in total. The van der Waals surface area contributed by atoms with E-state index in [-0.39, 0.29) is 75.2 Å². The average Bonchev–Trinajstić information content (AvgIpc) is 1.62. The van der Waals surface area contributed by atoms with Crippen LogP contribution in [-0.4, -0.2) is 200 Å². The molecule has 0 heterocycles. The van der Waals surface area contributed by atoms with E-state index in [0.717, 1.165) is 171 Å². The second-order valence-electron chi connectivity index (χ2n) is 31.3. The van der Waals surface area contributed by atoms with E-state index in [1.807, 2.05) is 133 Å². The summed E-state index contributed by atoms with van der Waals surface area (Å²) in [5.41, 5.74) is 3.84. The summed E-state index contributed by atoms with van der Waals surface area (Å²) in [6.07, 6.45) is 25.2. The highest BCUT2D eigenvalue weighted by Crippen LogP contribution is 2.58. The van der Waals surface area contributed by atoms with Gasteiger partial charge in [0, 0.05) is 121 Å². The Morgan fingerprint density at radius 3 is 1.02 bits per heavy atom. The molecule has 0 aromatic heterocycles. The predicted molar refractivity (Wildman–Crippen MR) is 501 cm³/mol. The molecule has 3 aromatic rings. The summed E-state index contributed by atoms with van der Waals surface area (Å²) in [6, 6.07) is 27.0. The standard InChI is InChI=1S/C26H40O5.C25H38O6.C24H36O8.C16H28O6.C10H16.C2H6/c1-5-28-18-13-14-19-29-21-25(24-15-9-8-10-16-24)31-26(27)17-11-6-7-12-20-30-23(4)22(2)3;1-4-28-17-12-13-18-29-20-23(22-14-8-7-9-15-22)31-24(26)16-10-5-6-11-19-30-25(27)21(2)3;1-4-29-21-9-7-10-22(19-21)30-17-15-27-12-5-6-13-28-16-18-31-23(25)11-8-14-32-24(26)20(2)3;1-4-19-9-5-6-10-20-12-13-21-15(17)8-7-11-22-16(18)14(2)3;1-2-9-7-4-5-8(6-7)10(9)3-1;1-2/h8-10,15-16,25H,2,4-7,11-14,17-21H2,1,3H3;7-9,14-15,23H,2,4-6,10-13,16-20H2,1,3H3;7,9-10,19H,2,4-6,8,11-18H2,1,3H3;2,4-13H2,1,3H3;7-10H,1-6H2;1-2H3. The molecule has 3 aliphatic rings. The molecule has 6 atom stereocenters. The maximum atomic E-state index is 12.3. The van der Waals surface area contributed by atoms with Crippen molar-refractivity contribution in [3.8, 4) is 11.5 Å². The normalized spacial score (nSPS) is 14.6. The van der Waals surface area contributed by atoms with Crippen molar-refractivity contribution in [3.05, 3.63) is 157 Å². The van der Waals surface area contributed by atoms with Crippen LogP contribution in [0.4, 0.5) is 0 Å². The van der Waals surface area contributed by atoms with Crippen LogP contribution in [0.25, 0.3) is 0 Å². The molecule has 0 spiro atoms. The van der Waals surface area contributed by atoms with Crippen LogP contribution in [0.5, 0.6) is 11.5 Å². The zero-order valence-electron chi connectivity index (χ0n) is 80.1. The quantitative estimate of drug-likeness (QED) is 0.0127. The summed E-state index contributed by atoms with van der Waals surface area (Å²) >= 11 is 0. The van der Waals surface area contributed by atoms with E-state index in [1.165, 1.54) is 23.7 Å². The molecule has 0 amide bonds. The Labute approximate surface area is 768 Å². The summed E-state index contributed by atoms with van der Waals surface area (Å²) < 4.78 is 96.6. The van der Waals surface area contributed by atoms with Crippen molar-refractivity contribution in [2.45, 2.75) is 261 Å². The Hall–Kier alpha value is -8.27. The first-order valence-electron chi connectivity index (χ1n) is 47.4. The van der Waals surface area contributed by atoms with Gasteiger partial charge in [-0.2, -0.15) is 0 Å². The van der Waals surface area contributed by atoms with Crippen LogP contribution in [0.3, 0.4) is 0 Å². The molecule has 0 aliphatic heterocycles. The van der Waals surface area contributed by atoms with E-state index in [1.54, 1.807) is 59.3 Å². The minimum absolute atomic E-state index is 0.173. The average molecular weight is 1800 g/mol. The molecule has 0 saturated heterocycles. The number of ether oxygens (including phenoxy) is 18. The zero-order chi connectivity index (χ0) is 94.1. The minimum atomic E-state index is -0.450. The summed E-state index contributed by atoms with van der Waals surface area (Å²) in [5.74, 6) is 4.71. The van der Waals surface area contributed by atoms with Gasteiger partial charge in [0.15, 0.2) is 12.2 Å². The SMILES string of the molecule is C1CC2C3CCC(C3)C2C1.C=C(C)C(=C)OCCCCCCC(=O)OC(COCCCCOCC)c1ccccc1.C=C(C)C(=O)OCCCC(=O)OCCOCCCCOCC.C=C(C)C(=O)OCCCC(=O)OCCOCCCCOCCOc1cccc(OCC)c1.C=C(C)C(=O)OCCCCCCC(=O)OC(COCCCCOCC)c1ccccc1.CC. The smallest absolute Gasteiger partial charge is 0.333 e. The van der Waals surface area contributed by atoms with Gasteiger partial charge < -0.3 is 85.3 Å². The van der Waals surface area contributed by atoms with Crippen molar-refractivity contribution in [2.24, 2.45) is 23.7 Å². The zero-order valence-corrected chi connectivity index (χ0v) is 80.1. The molecule has 3 fully saturated rings. The second kappa shape index (κ2) is 81.9. The van der Waals surface area contributed by atoms with Gasteiger partial charge in [0.1, 0.15) is 37.1 Å². The van der Waals surface area contributed by atoms with E-state index < -0.39 is 18.0 Å². The monoisotopic (exact) mass is 1800 g/mol. The fourth-order valence-corrected chi connectivity index (χ4v) is 13.6. The minimum Gasteiger partial charge on any atom is -0.494 e. The molecular formula is C103H164O25. The van der Waals surface area contributed by atoms with Gasteiger partial charge in [-0.1, -0.05) is 146 Å². The molecule has 0 N–H and O–H groups in total. The highest BCUT2D eigenvalue weighted by atomic mass is 16.6. The first-order valence-corrected chi connectivity index (χ1v) is 47.4. The number of carbonyl (C=O) groups excluding carboxylic acids is 7. The lowest BCUT2D eigenvalue weighted by atomic mass is 9.82. The third-order valence-corrected chi connectivity index (χ3v) is 20.4. The molecule has 6 unspecified atom stereocenters. The van der Waals surface area contributed by atoms with Crippen LogP contribution < -0.4 is 9.47 Å². The first-order chi connectivity index (χ1) is 62.1. The van der Waals surface area contributed by atoms with Crippen LogP contribution in [0.1, 0.15) is 272 Å². The molecule has 6 rings (SSSR count). The number of carbonyl (C=O) groups is 7. The van der Waals surface area contributed by atoms with Crippen LogP contribution in [0.15, 0.2) is 146 Å². The lowest BCUT2D eigenvalue weighted by Crippen LogP contribution is -2.17. The number of fused-ring (bicyclic) bond motifs is 5. The molecule has 3 aromatic carbocycles. The summed E-state index contributed by atoms with van der Waals surface area (Å²) in [4.78, 5) is 81.1. The summed E-state index contributed by atoms with van der Waals surface area (Å²) in [7, 11) is 0. The van der Waals surface area contributed by atoms with Gasteiger partial charge >= 0.3 is 41.8 Å². The lowest BCUT2D eigenvalue weighted by Gasteiger charge is -2.23. The van der Waals surface area contributed by atoms with Gasteiger partial charge in [-0.05, 0) is 230 Å². The molecule has 3 aliphatic carbocycles. The molecule has 25 heteroatoms.